The minimum absolute atomic E-state index is 0.160. The van der Waals surface area contributed by atoms with Gasteiger partial charge in [-0.3, -0.25) is 9.69 Å². The second-order valence-corrected chi connectivity index (χ2v) is 8.20. The van der Waals surface area contributed by atoms with E-state index in [4.69, 9.17) is 5.73 Å². The molecule has 5 nitrogen and oxygen atoms in total. The van der Waals surface area contributed by atoms with Crippen molar-refractivity contribution in [2.75, 3.05) is 12.3 Å². The fraction of sp³-hybridized carbons (Fsp3) is 0.417. The van der Waals surface area contributed by atoms with Crippen LogP contribution in [0.2, 0.25) is 0 Å². The third kappa shape index (κ3) is 3.79. The van der Waals surface area contributed by atoms with Gasteiger partial charge in [-0.2, -0.15) is 0 Å². The number of amides is 1. The molecule has 3 N–H and O–H groups in total. The van der Waals surface area contributed by atoms with Crippen molar-refractivity contribution in [3.05, 3.63) is 65.9 Å². The summed E-state index contributed by atoms with van der Waals surface area (Å²) in [6.45, 7) is 3.48. The maximum absolute atomic E-state index is 13.3. The van der Waals surface area contributed by atoms with Gasteiger partial charge in [-0.05, 0) is 37.3 Å². The summed E-state index contributed by atoms with van der Waals surface area (Å²) in [5, 5.41) is 3.16. The Hall–Kier alpha value is -2.66. The molecule has 0 spiro atoms. The number of benzene rings is 1. The standard InChI is InChI=1S/C24H30N4O/c1-2-24(23(29)27-17-19-11-6-14-26-22(19)25)16-20-12-13-21(24)28(20)15-7-10-18-8-4-3-5-9-18/h3-11,14,20-21H,2,12-13,15-17H2,1H3,(H2,25,26)(H,27,29)/b10-7+/t20-,21+,24+/m0/s1. The molecule has 1 aromatic carbocycles. The van der Waals surface area contributed by atoms with Gasteiger partial charge in [-0.25, -0.2) is 4.98 Å². The van der Waals surface area contributed by atoms with Gasteiger partial charge in [0.1, 0.15) is 5.82 Å². The van der Waals surface area contributed by atoms with Crippen LogP contribution in [0.5, 0.6) is 0 Å². The zero-order valence-electron chi connectivity index (χ0n) is 17.1. The summed E-state index contributed by atoms with van der Waals surface area (Å²) < 4.78 is 0. The molecular formula is C24H30N4O. The fourth-order valence-corrected chi connectivity index (χ4v) is 5.19. The molecule has 0 unspecified atom stereocenters. The van der Waals surface area contributed by atoms with E-state index >= 15 is 0 Å². The molecule has 2 saturated heterocycles. The van der Waals surface area contributed by atoms with Gasteiger partial charge in [0.2, 0.25) is 5.91 Å². The number of nitrogen functional groups attached to an aromatic ring is 1. The SMILES string of the molecule is CC[C@@]1(C(=O)NCc2cccnc2N)C[C@@H]2CC[C@H]1N2C/C=C/c1ccccc1. The molecular weight excluding hydrogens is 360 g/mol. The summed E-state index contributed by atoms with van der Waals surface area (Å²) >= 11 is 0. The molecule has 0 radical (unpaired) electrons. The van der Waals surface area contributed by atoms with Crippen molar-refractivity contribution in [1.82, 2.24) is 15.2 Å². The smallest absolute Gasteiger partial charge is 0.228 e. The predicted octanol–water partition coefficient (Wildman–Crippen LogP) is 3.63. The van der Waals surface area contributed by atoms with E-state index in [1.165, 1.54) is 12.0 Å². The Kier molecular flexibility index (Phi) is 5.67. The summed E-state index contributed by atoms with van der Waals surface area (Å²) in [4.78, 5) is 20.0. The summed E-state index contributed by atoms with van der Waals surface area (Å²) in [7, 11) is 0. The van der Waals surface area contributed by atoms with Crippen LogP contribution in [0.4, 0.5) is 5.82 Å². The number of anilines is 1. The summed E-state index contributed by atoms with van der Waals surface area (Å²) in [6.07, 6.45) is 10.2. The average molecular weight is 391 g/mol. The second kappa shape index (κ2) is 8.37. The summed E-state index contributed by atoms with van der Waals surface area (Å²) in [5.41, 5.74) is 7.72. The molecule has 4 rings (SSSR count). The van der Waals surface area contributed by atoms with Crippen LogP contribution in [-0.4, -0.2) is 34.4 Å². The Labute approximate surface area is 173 Å². The normalized spacial score (nSPS) is 26.2. The molecule has 3 heterocycles. The van der Waals surface area contributed by atoms with E-state index in [-0.39, 0.29) is 11.3 Å². The highest BCUT2D eigenvalue weighted by Crippen LogP contribution is 2.51. The lowest BCUT2D eigenvalue weighted by Gasteiger charge is -2.35. The van der Waals surface area contributed by atoms with Crippen LogP contribution >= 0.6 is 0 Å². The first kappa shape index (κ1) is 19.6. The molecule has 0 aliphatic carbocycles. The number of pyridine rings is 1. The van der Waals surface area contributed by atoms with Crippen molar-refractivity contribution in [3.8, 4) is 0 Å². The van der Waals surface area contributed by atoms with Crippen molar-refractivity contribution < 1.29 is 4.79 Å². The first-order chi connectivity index (χ1) is 14.1. The third-order valence-corrected chi connectivity index (χ3v) is 6.76. The molecule has 2 aromatic rings. The van der Waals surface area contributed by atoms with Gasteiger partial charge in [0.15, 0.2) is 0 Å². The molecule has 152 valence electrons. The number of aromatic nitrogens is 1. The molecule has 2 aliphatic heterocycles. The first-order valence-electron chi connectivity index (χ1n) is 10.6. The Bertz CT molecular complexity index is 881. The topological polar surface area (TPSA) is 71.2 Å². The lowest BCUT2D eigenvalue weighted by Crippen LogP contribution is -2.48. The Morgan fingerprint density at radius 3 is 2.86 bits per heavy atom. The zero-order valence-corrected chi connectivity index (χ0v) is 17.1. The van der Waals surface area contributed by atoms with Crippen molar-refractivity contribution in [1.29, 1.82) is 0 Å². The molecule has 2 fully saturated rings. The minimum atomic E-state index is -0.305. The van der Waals surface area contributed by atoms with Gasteiger partial charge in [0.25, 0.3) is 0 Å². The van der Waals surface area contributed by atoms with Crippen LogP contribution in [0.25, 0.3) is 6.08 Å². The highest BCUT2D eigenvalue weighted by Gasteiger charge is 2.58. The van der Waals surface area contributed by atoms with Crippen molar-refractivity contribution in [3.63, 3.8) is 0 Å². The first-order valence-corrected chi connectivity index (χ1v) is 10.6. The van der Waals surface area contributed by atoms with E-state index < -0.39 is 0 Å². The zero-order chi connectivity index (χ0) is 20.3. The number of nitrogens with two attached hydrogens (primary N) is 1. The predicted molar refractivity (Wildman–Crippen MR) is 117 cm³/mol. The van der Waals surface area contributed by atoms with Crippen LogP contribution in [0, 0.1) is 5.41 Å². The van der Waals surface area contributed by atoms with E-state index in [9.17, 15) is 4.79 Å². The van der Waals surface area contributed by atoms with Gasteiger partial charge in [-0.15, -0.1) is 0 Å². The largest absolute Gasteiger partial charge is 0.383 e. The van der Waals surface area contributed by atoms with Gasteiger partial charge in [0.05, 0.1) is 5.41 Å². The lowest BCUT2D eigenvalue weighted by atomic mass is 9.71. The average Bonchev–Trinajstić information content (AvgIpc) is 3.29. The number of rotatable bonds is 7. The van der Waals surface area contributed by atoms with Gasteiger partial charge >= 0.3 is 0 Å². The number of carbonyl (C=O) groups is 1. The number of hydrogen-bond donors (Lipinski definition) is 2. The third-order valence-electron chi connectivity index (χ3n) is 6.76. The number of nitrogens with zero attached hydrogens (tertiary/aromatic N) is 2. The monoisotopic (exact) mass is 390 g/mol. The quantitative estimate of drug-likeness (QED) is 0.757. The molecule has 0 saturated carbocycles. The van der Waals surface area contributed by atoms with Gasteiger partial charge in [0, 0.05) is 36.9 Å². The van der Waals surface area contributed by atoms with Gasteiger partial charge < -0.3 is 11.1 Å². The maximum Gasteiger partial charge on any atom is 0.228 e. The summed E-state index contributed by atoms with van der Waals surface area (Å²) in [5.74, 6) is 0.645. The maximum atomic E-state index is 13.3. The summed E-state index contributed by atoms with van der Waals surface area (Å²) in [6, 6.07) is 15.0. The van der Waals surface area contributed by atoms with E-state index in [1.54, 1.807) is 6.20 Å². The highest BCUT2D eigenvalue weighted by atomic mass is 16.2. The minimum Gasteiger partial charge on any atom is -0.383 e. The van der Waals surface area contributed by atoms with E-state index in [2.05, 4.69) is 58.5 Å². The molecule has 5 heteroatoms. The second-order valence-electron chi connectivity index (χ2n) is 8.20. The fourth-order valence-electron chi connectivity index (χ4n) is 5.19. The van der Waals surface area contributed by atoms with Crippen LogP contribution in [-0.2, 0) is 11.3 Å². The van der Waals surface area contributed by atoms with E-state index in [1.807, 2.05) is 18.2 Å². The molecule has 1 aromatic heterocycles. The molecule has 1 amide bonds. The number of carbonyl (C=O) groups excluding carboxylic acids is 1. The number of nitrogens with one attached hydrogen (secondary N) is 1. The Balaban J connectivity index is 1.43. The molecule has 2 aliphatic rings. The van der Waals surface area contributed by atoms with Crippen LogP contribution < -0.4 is 11.1 Å². The lowest BCUT2D eigenvalue weighted by molar-refractivity contribution is -0.133. The molecule has 29 heavy (non-hydrogen) atoms. The molecule has 3 atom stereocenters. The van der Waals surface area contributed by atoms with E-state index in [0.29, 0.717) is 24.4 Å². The Morgan fingerprint density at radius 1 is 1.28 bits per heavy atom. The number of hydrogen-bond acceptors (Lipinski definition) is 4. The van der Waals surface area contributed by atoms with Crippen molar-refractivity contribution in [2.45, 2.75) is 51.2 Å². The molecule has 2 bridgehead atoms. The van der Waals surface area contributed by atoms with Crippen LogP contribution in [0.15, 0.2) is 54.7 Å². The van der Waals surface area contributed by atoms with Crippen molar-refractivity contribution >= 4 is 17.8 Å². The number of fused-ring (bicyclic) bond motifs is 2. The van der Waals surface area contributed by atoms with Crippen molar-refractivity contribution in [2.24, 2.45) is 5.41 Å². The van der Waals surface area contributed by atoms with Gasteiger partial charge in [-0.1, -0.05) is 55.5 Å². The van der Waals surface area contributed by atoms with Crippen LogP contribution in [0.3, 0.4) is 0 Å². The van der Waals surface area contributed by atoms with E-state index in [0.717, 1.165) is 31.4 Å². The van der Waals surface area contributed by atoms with Crippen LogP contribution in [0.1, 0.15) is 43.7 Å². The highest BCUT2D eigenvalue weighted by molar-refractivity contribution is 5.84. The Morgan fingerprint density at radius 2 is 2.10 bits per heavy atom.